The minimum atomic E-state index is -0.157. The Kier molecular flexibility index (Phi) is 3.96. The van der Waals surface area contributed by atoms with Crippen molar-refractivity contribution in [1.82, 2.24) is 19.9 Å². The third-order valence-electron chi connectivity index (χ3n) is 3.41. The van der Waals surface area contributed by atoms with E-state index < -0.39 is 0 Å². The van der Waals surface area contributed by atoms with Gasteiger partial charge in [-0.15, -0.1) is 10.2 Å². The van der Waals surface area contributed by atoms with Crippen LogP contribution in [0.5, 0.6) is 0 Å². The maximum absolute atomic E-state index is 11.9. The Morgan fingerprint density at radius 1 is 1.18 bits per heavy atom. The molecular formula is C17H16N4O. The molecule has 0 saturated heterocycles. The molecule has 0 fully saturated rings. The smallest absolute Gasteiger partial charge is 0.244 e. The SMILES string of the molecule is Cc1ccccc1C=CC(=O)NCc1nnc2ccccn12. The maximum atomic E-state index is 11.9. The van der Waals surface area contributed by atoms with Gasteiger partial charge in [-0.3, -0.25) is 9.20 Å². The minimum absolute atomic E-state index is 0.157. The number of pyridine rings is 1. The second-order valence-electron chi connectivity index (χ2n) is 4.95. The number of fused-ring (bicyclic) bond motifs is 1. The van der Waals surface area contributed by atoms with Crippen LogP contribution in [0.3, 0.4) is 0 Å². The summed E-state index contributed by atoms with van der Waals surface area (Å²) in [4.78, 5) is 11.9. The molecule has 0 bridgehead atoms. The van der Waals surface area contributed by atoms with E-state index in [1.807, 2.05) is 66.1 Å². The van der Waals surface area contributed by atoms with Gasteiger partial charge in [-0.1, -0.05) is 30.3 Å². The van der Waals surface area contributed by atoms with Gasteiger partial charge in [0.15, 0.2) is 11.5 Å². The second-order valence-corrected chi connectivity index (χ2v) is 4.95. The lowest BCUT2D eigenvalue weighted by Gasteiger charge is -2.01. The van der Waals surface area contributed by atoms with Gasteiger partial charge in [-0.05, 0) is 36.3 Å². The summed E-state index contributed by atoms with van der Waals surface area (Å²) >= 11 is 0. The topological polar surface area (TPSA) is 59.3 Å². The van der Waals surface area contributed by atoms with Gasteiger partial charge in [0.1, 0.15) is 0 Å². The predicted octanol–water partition coefficient (Wildman–Crippen LogP) is 2.37. The number of hydrogen-bond acceptors (Lipinski definition) is 3. The van der Waals surface area contributed by atoms with Crippen molar-refractivity contribution in [3.05, 3.63) is 71.7 Å². The lowest BCUT2D eigenvalue weighted by molar-refractivity contribution is -0.116. The van der Waals surface area contributed by atoms with E-state index in [1.165, 1.54) is 6.08 Å². The summed E-state index contributed by atoms with van der Waals surface area (Å²) in [6, 6.07) is 13.6. The molecule has 2 heterocycles. The number of carbonyl (C=O) groups is 1. The summed E-state index contributed by atoms with van der Waals surface area (Å²) in [5, 5.41) is 10.9. The van der Waals surface area contributed by atoms with Crippen molar-refractivity contribution in [3.8, 4) is 0 Å². The number of nitrogens with one attached hydrogen (secondary N) is 1. The van der Waals surface area contributed by atoms with Gasteiger partial charge in [0.25, 0.3) is 0 Å². The van der Waals surface area contributed by atoms with Crippen LogP contribution in [-0.2, 0) is 11.3 Å². The van der Waals surface area contributed by atoms with Gasteiger partial charge in [0.05, 0.1) is 6.54 Å². The average molecular weight is 292 g/mol. The van der Waals surface area contributed by atoms with E-state index >= 15 is 0 Å². The number of rotatable bonds is 4. The lowest BCUT2D eigenvalue weighted by atomic mass is 10.1. The molecule has 1 N–H and O–H groups in total. The molecular weight excluding hydrogens is 276 g/mol. The standard InChI is InChI=1S/C17H16N4O/c1-13-6-2-3-7-14(13)9-10-17(22)18-12-16-20-19-15-8-4-5-11-21(15)16/h2-11H,12H2,1H3,(H,18,22). The lowest BCUT2D eigenvalue weighted by Crippen LogP contribution is -2.21. The summed E-state index contributed by atoms with van der Waals surface area (Å²) in [6.45, 7) is 2.35. The van der Waals surface area contributed by atoms with E-state index in [4.69, 9.17) is 0 Å². The van der Waals surface area contributed by atoms with Crippen LogP contribution in [0.25, 0.3) is 11.7 Å². The largest absolute Gasteiger partial charge is 0.345 e. The Balaban J connectivity index is 1.64. The molecule has 0 aliphatic heterocycles. The van der Waals surface area contributed by atoms with E-state index in [-0.39, 0.29) is 5.91 Å². The van der Waals surface area contributed by atoms with Crippen molar-refractivity contribution in [3.63, 3.8) is 0 Å². The first-order chi connectivity index (χ1) is 10.7. The van der Waals surface area contributed by atoms with E-state index in [0.29, 0.717) is 12.4 Å². The molecule has 2 aromatic heterocycles. The summed E-state index contributed by atoms with van der Waals surface area (Å²) < 4.78 is 1.85. The first-order valence-electron chi connectivity index (χ1n) is 7.04. The summed E-state index contributed by atoms with van der Waals surface area (Å²) in [5.41, 5.74) is 2.93. The highest BCUT2D eigenvalue weighted by Crippen LogP contribution is 2.08. The van der Waals surface area contributed by atoms with Crippen molar-refractivity contribution < 1.29 is 4.79 Å². The Morgan fingerprint density at radius 3 is 2.86 bits per heavy atom. The van der Waals surface area contributed by atoms with Crippen molar-refractivity contribution in [2.75, 3.05) is 0 Å². The fourth-order valence-corrected chi connectivity index (χ4v) is 2.18. The molecule has 1 aromatic carbocycles. The maximum Gasteiger partial charge on any atom is 0.244 e. The number of aromatic nitrogens is 3. The summed E-state index contributed by atoms with van der Waals surface area (Å²) in [5.74, 6) is 0.546. The van der Waals surface area contributed by atoms with E-state index in [1.54, 1.807) is 0 Å². The third-order valence-corrected chi connectivity index (χ3v) is 3.41. The quantitative estimate of drug-likeness (QED) is 0.751. The number of amides is 1. The molecule has 0 saturated carbocycles. The highest BCUT2D eigenvalue weighted by atomic mass is 16.1. The van der Waals surface area contributed by atoms with Crippen molar-refractivity contribution >= 4 is 17.6 Å². The molecule has 22 heavy (non-hydrogen) atoms. The molecule has 0 aliphatic rings. The van der Waals surface area contributed by atoms with Gasteiger partial charge in [0, 0.05) is 12.3 Å². The Morgan fingerprint density at radius 2 is 2.00 bits per heavy atom. The van der Waals surface area contributed by atoms with Crippen LogP contribution in [0.1, 0.15) is 17.0 Å². The first kappa shape index (κ1) is 14.0. The highest BCUT2D eigenvalue weighted by Gasteiger charge is 2.05. The Bertz CT molecular complexity index is 835. The molecule has 110 valence electrons. The van der Waals surface area contributed by atoms with E-state index in [2.05, 4.69) is 15.5 Å². The van der Waals surface area contributed by atoms with Gasteiger partial charge >= 0.3 is 0 Å². The van der Waals surface area contributed by atoms with Crippen molar-refractivity contribution in [1.29, 1.82) is 0 Å². The average Bonchev–Trinajstić information content (AvgIpc) is 2.95. The predicted molar refractivity (Wildman–Crippen MR) is 85.0 cm³/mol. The normalized spacial score (nSPS) is 11.1. The third kappa shape index (κ3) is 3.03. The Labute approximate surface area is 128 Å². The monoisotopic (exact) mass is 292 g/mol. The van der Waals surface area contributed by atoms with Gasteiger partial charge < -0.3 is 5.32 Å². The van der Waals surface area contributed by atoms with E-state index in [9.17, 15) is 4.79 Å². The fourth-order valence-electron chi connectivity index (χ4n) is 2.18. The molecule has 3 aromatic rings. The molecule has 0 aliphatic carbocycles. The fraction of sp³-hybridized carbons (Fsp3) is 0.118. The zero-order chi connectivity index (χ0) is 15.4. The Hall–Kier alpha value is -2.95. The summed E-state index contributed by atoms with van der Waals surface area (Å²) in [6.07, 6.45) is 5.22. The summed E-state index contributed by atoms with van der Waals surface area (Å²) in [7, 11) is 0. The molecule has 5 nitrogen and oxygen atoms in total. The number of hydrogen-bond donors (Lipinski definition) is 1. The molecule has 0 unspecified atom stereocenters. The highest BCUT2D eigenvalue weighted by molar-refractivity contribution is 5.91. The first-order valence-corrected chi connectivity index (χ1v) is 7.04. The molecule has 0 radical (unpaired) electrons. The molecule has 3 rings (SSSR count). The van der Waals surface area contributed by atoms with Crippen molar-refractivity contribution in [2.24, 2.45) is 0 Å². The zero-order valence-electron chi connectivity index (χ0n) is 12.2. The van der Waals surface area contributed by atoms with Crippen LogP contribution in [0.4, 0.5) is 0 Å². The van der Waals surface area contributed by atoms with Crippen LogP contribution in [0, 0.1) is 6.92 Å². The van der Waals surface area contributed by atoms with Crippen LogP contribution in [0.2, 0.25) is 0 Å². The van der Waals surface area contributed by atoms with Crippen molar-refractivity contribution in [2.45, 2.75) is 13.5 Å². The van der Waals surface area contributed by atoms with Gasteiger partial charge in [0.2, 0.25) is 5.91 Å². The van der Waals surface area contributed by atoms with Crippen LogP contribution in [-0.4, -0.2) is 20.5 Å². The molecule has 1 amide bonds. The van der Waals surface area contributed by atoms with Crippen LogP contribution < -0.4 is 5.32 Å². The molecule has 5 heteroatoms. The van der Waals surface area contributed by atoms with Crippen LogP contribution in [0.15, 0.2) is 54.7 Å². The number of benzene rings is 1. The molecule has 0 atom stereocenters. The van der Waals surface area contributed by atoms with Crippen LogP contribution >= 0.6 is 0 Å². The number of aryl methyl sites for hydroxylation is 1. The second kappa shape index (κ2) is 6.22. The minimum Gasteiger partial charge on any atom is -0.345 e. The van der Waals surface area contributed by atoms with Gasteiger partial charge in [-0.25, -0.2) is 0 Å². The number of nitrogens with zero attached hydrogens (tertiary/aromatic N) is 3. The molecule has 0 spiro atoms. The van der Waals surface area contributed by atoms with E-state index in [0.717, 1.165) is 16.8 Å². The number of carbonyl (C=O) groups excluding carboxylic acids is 1. The zero-order valence-corrected chi connectivity index (χ0v) is 12.2. The van der Waals surface area contributed by atoms with Gasteiger partial charge in [-0.2, -0.15) is 0 Å².